The van der Waals surface area contributed by atoms with Gasteiger partial charge in [-0.3, -0.25) is 24.5 Å². The SMILES string of the molecule is Cc1cc(N2CC3(C2)CN(C2CCN(c4ccc(N)cc4)CC2)C3)ccc1-c1cccc2c(C3CCC(=O)NC3=O)nn(C)c12. The number of hydrogen-bond donors (Lipinski definition) is 2. The fraction of sp³-hybridized carbons (Fsp3) is 0.417. The van der Waals surface area contributed by atoms with Gasteiger partial charge in [0.2, 0.25) is 11.8 Å². The molecule has 1 unspecified atom stereocenters. The van der Waals surface area contributed by atoms with Crippen molar-refractivity contribution in [3.63, 3.8) is 0 Å². The molecule has 5 heterocycles. The zero-order valence-corrected chi connectivity index (χ0v) is 26.1. The molecule has 232 valence electrons. The maximum atomic E-state index is 12.6. The molecule has 4 aliphatic heterocycles. The van der Waals surface area contributed by atoms with Crippen LogP contribution in [-0.4, -0.2) is 71.8 Å². The molecule has 1 spiro atoms. The summed E-state index contributed by atoms with van der Waals surface area (Å²) >= 11 is 0. The standard InChI is InChI=1S/C36H41N7O2/c1-23-18-27(43-21-36(22-43)19-42(20-36)26-14-16-41(17-15-26)25-8-6-24(37)7-9-25)10-11-28(23)29-4-3-5-30-33(39-40(2)34(29)30)31-12-13-32(44)38-35(31)45/h3-11,18,26,31H,12-17,19-22,37H2,1-2H3,(H,38,44,45). The van der Waals surface area contributed by atoms with Gasteiger partial charge >= 0.3 is 0 Å². The Hall–Kier alpha value is -4.37. The van der Waals surface area contributed by atoms with Gasteiger partial charge in [-0.15, -0.1) is 0 Å². The number of amides is 2. The van der Waals surface area contributed by atoms with Crippen molar-refractivity contribution in [3.05, 3.63) is 71.9 Å². The van der Waals surface area contributed by atoms with Crippen molar-refractivity contribution in [2.24, 2.45) is 12.5 Å². The van der Waals surface area contributed by atoms with Crippen molar-refractivity contribution in [1.82, 2.24) is 20.0 Å². The van der Waals surface area contributed by atoms with Gasteiger partial charge < -0.3 is 15.5 Å². The molecule has 9 heteroatoms. The number of piperidine rings is 2. The van der Waals surface area contributed by atoms with Gasteiger partial charge in [-0.05, 0) is 73.7 Å². The van der Waals surface area contributed by atoms with Crippen molar-refractivity contribution < 1.29 is 9.59 Å². The van der Waals surface area contributed by atoms with Crippen LogP contribution in [0.15, 0.2) is 60.7 Å². The number of aryl methyl sites for hydroxylation is 2. The van der Waals surface area contributed by atoms with Gasteiger partial charge in [-0.1, -0.05) is 24.3 Å². The van der Waals surface area contributed by atoms with Crippen molar-refractivity contribution >= 4 is 39.8 Å². The minimum absolute atomic E-state index is 0.206. The first kappa shape index (κ1) is 28.1. The van der Waals surface area contributed by atoms with E-state index in [0.717, 1.165) is 54.0 Å². The number of hydrogen-bond acceptors (Lipinski definition) is 7. The number of anilines is 3. The molecule has 4 saturated heterocycles. The summed E-state index contributed by atoms with van der Waals surface area (Å²) in [5.74, 6) is -0.866. The second-order valence-electron chi connectivity index (χ2n) is 13.8. The molecule has 4 aromatic rings. The van der Waals surface area contributed by atoms with Crippen LogP contribution in [0.25, 0.3) is 22.0 Å². The highest BCUT2D eigenvalue weighted by Gasteiger charge is 2.53. The summed E-state index contributed by atoms with van der Waals surface area (Å²) in [5, 5.41) is 8.25. The monoisotopic (exact) mass is 603 g/mol. The number of likely N-dealkylation sites (tertiary alicyclic amines) is 1. The quantitative estimate of drug-likeness (QED) is 0.257. The molecule has 3 aromatic carbocycles. The molecular weight excluding hydrogens is 562 g/mol. The summed E-state index contributed by atoms with van der Waals surface area (Å²) in [6.45, 7) is 9.09. The highest BCUT2D eigenvalue weighted by atomic mass is 16.2. The van der Waals surface area contributed by atoms with Crippen molar-refractivity contribution in [1.29, 1.82) is 0 Å². The topological polar surface area (TPSA) is 99.7 Å². The lowest BCUT2D eigenvalue weighted by molar-refractivity contribution is -0.134. The van der Waals surface area contributed by atoms with Crippen LogP contribution in [0.4, 0.5) is 17.1 Å². The van der Waals surface area contributed by atoms with Crippen molar-refractivity contribution in [2.75, 3.05) is 54.8 Å². The highest BCUT2D eigenvalue weighted by molar-refractivity contribution is 6.04. The smallest absolute Gasteiger partial charge is 0.235 e. The molecule has 3 N–H and O–H groups in total. The van der Waals surface area contributed by atoms with Crippen LogP contribution >= 0.6 is 0 Å². The molecule has 4 fully saturated rings. The predicted molar refractivity (Wildman–Crippen MR) is 178 cm³/mol. The molecule has 4 aliphatic rings. The number of aromatic nitrogens is 2. The maximum absolute atomic E-state index is 12.6. The minimum Gasteiger partial charge on any atom is -0.399 e. The van der Waals surface area contributed by atoms with E-state index in [1.54, 1.807) is 0 Å². The summed E-state index contributed by atoms with van der Waals surface area (Å²) in [6.07, 6.45) is 3.29. The molecule has 45 heavy (non-hydrogen) atoms. The summed E-state index contributed by atoms with van der Waals surface area (Å²) in [4.78, 5) is 32.1. The van der Waals surface area contributed by atoms with E-state index in [1.165, 1.54) is 48.4 Å². The van der Waals surface area contributed by atoms with E-state index in [1.807, 2.05) is 36.0 Å². The van der Waals surface area contributed by atoms with Gasteiger partial charge in [0.25, 0.3) is 0 Å². The Balaban J connectivity index is 0.916. The molecule has 9 nitrogen and oxygen atoms in total. The Morgan fingerprint density at radius 1 is 0.867 bits per heavy atom. The number of carbonyl (C=O) groups is 2. The van der Waals surface area contributed by atoms with Gasteiger partial charge in [0.1, 0.15) is 0 Å². The minimum atomic E-state index is -0.409. The lowest BCUT2D eigenvalue weighted by Gasteiger charge is -2.63. The Labute approximate surface area is 264 Å². The van der Waals surface area contributed by atoms with Gasteiger partial charge in [-0.25, -0.2) is 0 Å². The summed E-state index contributed by atoms with van der Waals surface area (Å²) in [5.41, 5.74) is 15.0. The number of nitrogen functional groups attached to an aromatic ring is 1. The zero-order chi connectivity index (χ0) is 30.9. The third-order valence-electron chi connectivity index (χ3n) is 10.7. The third-order valence-corrected chi connectivity index (χ3v) is 10.7. The van der Waals surface area contributed by atoms with Crippen LogP contribution in [0.5, 0.6) is 0 Å². The molecule has 2 amide bonds. The van der Waals surface area contributed by atoms with E-state index in [9.17, 15) is 9.59 Å². The fourth-order valence-corrected chi connectivity index (χ4v) is 8.33. The van der Waals surface area contributed by atoms with Crippen LogP contribution in [0, 0.1) is 12.3 Å². The zero-order valence-electron chi connectivity index (χ0n) is 26.1. The first-order valence-electron chi connectivity index (χ1n) is 16.3. The number of fused-ring (bicyclic) bond motifs is 1. The number of nitrogens with two attached hydrogens (primary N) is 1. The number of para-hydroxylation sites is 1. The van der Waals surface area contributed by atoms with E-state index >= 15 is 0 Å². The number of rotatable bonds is 5. The molecule has 8 rings (SSSR count). The van der Waals surface area contributed by atoms with Crippen molar-refractivity contribution in [2.45, 2.75) is 44.6 Å². The van der Waals surface area contributed by atoms with Crippen LogP contribution in [0.1, 0.15) is 42.9 Å². The first-order chi connectivity index (χ1) is 21.8. The Bertz CT molecular complexity index is 1790. The molecule has 0 bridgehead atoms. The fourth-order valence-electron chi connectivity index (χ4n) is 8.33. The average molecular weight is 604 g/mol. The third kappa shape index (κ3) is 4.84. The predicted octanol–water partition coefficient (Wildman–Crippen LogP) is 4.44. The number of nitrogens with zero attached hydrogens (tertiary/aromatic N) is 5. The first-order valence-corrected chi connectivity index (χ1v) is 16.3. The highest BCUT2D eigenvalue weighted by Crippen LogP contribution is 2.45. The summed E-state index contributed by atoms with van der Waals surface area (Å²) < 4.78 is 1.89. The maximum Gasteiger partial charge on any atom is 0.235 e. The molecule has 0 saturated carbocycles. The van der Waals surface area contributed by atoms with Crippen LogP contribution in [0.3, 0.4) is 0 Å². The van der Waals surface area contributed by atoms with Gasteiger partial charge in [0.05, 0.1) is 17.1 Å². The molecule has 1 aromatic heterocycles. The number of benzene rings is 3. The molecule has 1 atom stereocenters. The van der Waals surface area contributed by atoms with Crippen LogP contribution in [-0.2, 0) is 16.6 Å². The van der Waals surface area contributed by atoms with E-state index in [0.29, 0.717) is 24.3 Å². The largest absolute Gasteiger partial charge is 0.399 e. The summed E-state index contributed by atoms with van der Waals surface area (Å²) in [7, 11) is 1.94. The van der Waals surface area contributed by atoms with E-state index in [2.05, 4.69) is 63.3 Å². The second-order valence-corrected chi connectivity index (χ2v) is 13.8. The summed E-state index contributed by atoms with van der Waals surface area (Å²) in [6, 6.07) is 22.0. The normalized spacial score (nSPS) is 22.0. The number of nitrogens with one attached hydrogen (secondary N) is 1. The van der Waals surface area contributed by atoms with Crippen LogP contribution < -0.4 is 20.9 Å². The molecular formula is C36H41N7O2. The molecule has 0 radical (unpaired) electrons. The average Bonchev–Trinajstić information content (AvgIpc) is 3.33. The Morgan fingerprint density at radius 2 is 1.60 bits per heavy atom. The lowest BCUT2D eigenvalue weighted by atomic mass is 9.71. The second kappa shape index (κ2) is 10.6. The Morgan fingerprint density at radius 3 is 2.31 bits per heavy atom. The lowest BCUT2D eigenvalue weighted by Crippen LogP contribution is -2.74. The van der Waals surface area contributed by atoms with Gasteiger partial charge in [0, 0.05) is 92.2 Å². The van der Waals surface area contributed by atoms with Gasteiger partial charge in [0.15, 0.2) is 0 Å². The van der Waals surface area contributed by atoms with Gasteiger partial charge in [-0.2, -0.15) is 5.10 Å². The van der Waals surface area contributed by atoms with E-state index in [-0.39, 0.29) is 11.8 Å². The van der Waals surface area contributed by atoms with Crippen LogP contribution in [0.2, 0.25) is 0 Å². The number of carbonyl (C=O) groups excluding carboxylic acids is 2. The number of imide groups is 1. The Kier molecular flexibility index (Phi) is 6.64. The van der Waals surface area contributed by atoms with Crippen molar-refractivity contribution in [3.8, 4) is 11.1 Å². The molecule has 0 aliphatic carbocycles. The van der Waals surface area contributed by atoms with E-state index in [4.69, 9.17) is 10.8 Å². The van der Waals surface area contributed by atoms with E-state index < -0.39 is 5.92 Å².